The number of carbonyl (C=O) groups is 1. The summed E-state index contributed by atoms with van der Waals surface area (Å²) in [7, 11) is 0. The number of carbonyl (C=O) groups excluding carboxylic acids is 1. The van der Waals surface area contributed by atoms with Crippen LogP contribution in [0.25, 0.3) is 0 Å². The van der Waals surface area contributed by atoms with Crippen LogP contribution in [-0.4, -0.2) is 40.1 Å². The number of pyridine rings is 1. The summed E-state index contributed by atoms with van der Waals surface area (Å²) in [6.45, 7) is 0.691. The van der Waals surface area contributed by atoms with Gasteiger partial charge in [0.2, 0.25) is 0 Å². The summed E-state index contributed by atoms with van der Waals surface area (Å²) in [6, 6.07) is 3.64. The average Bonchev–Trinajstić information content (AvgIpc) is 2.40. The molecule has 4 N–H and O–H groups in total. The SMILES string of the molecule is NNc1cc(C(=O)N(CCCO)C2CCC2)ccn1. The zero-order valence-corrected chi connectivity index (χ0v) is 10.9. The molecule has 0 aromatic carbocycles. The number of nitrogen functional groups attached to an aromatic ring is 1. The molecule has 1 saturated carbocycles. The summed E-state index contributed by atoms with van der Waals surface area (Å²) in [4.78, 5) is 18.4. The standard InChI is InChI=1S/C13H20N4O2/c14-16-12-9-10(5-6-15-12)13(19)17(7-2-8-18)11-3-1-4-11/h5-6,9,11,18H,1-4,7-8,14H2,(H,15,16). The van der Waals surface area contributed by atoms with Crippen molar-refractivity contribution in [3.8, 4) is 0 Å². The second-order valence-corrected chi connectivity index (χ2v) is 4.73. The normalized spacial score (nSPS) is 14.8. The Hall–Kier alpha value is -1.66. The smallest absolute Gasteiger partial charge is 0.254 e. The summed E-state index contributed by atoms with van der Waals surface area (Å²) in [5.41, 5.74) is 3.02. The van der Waals surface area contributed by atoms with Crippen LogP contribution in [0.1, 0.15) is 36.0 Å². The van der Waals surface area contributed by atoms with Crippen molar-refractivity contribution >= 4 is 11.7 Å². The largest absolute Gasteiger partial charge is 0.396 e. The number of anilines is 1. The van der Waals surface area contributed by atoms with Crippen LogP contribution in [0.4, 0.5) is 5.82 Å². The molecule has 0 radical (unpaired) electrons. The van der Waals surface area contributed by atoms with Gasteiger partial charge in [0, 0.05) is 31.0 Å². The van der Waals surface area contributed by atoms with Gasteiger partial charge in [-0.3, -0.25) is 4.79 Å². The van der Waals surface area contributed by atoms with E-state index in [-0.39, 0.29) is 12.5 Å². The quantitative estimate of drug-likeness (QED) is 0.521. The van der Waals surface area contributed by atoms with Crippen LogP contribution in [-0.2, 0) is 0 Å². The lowest BCUT2D eigenvalue weighted by Crippen LogP contribution is -2.45. The van der Waals surface area contributed by atoms with Crippen LogP contribution in [0.15, 0.2) is 18.3 Å². The minimum atomic E-state index is -0.0166. The minimum absolute atomic E-state index is 0.0166. The number of aromatic nitrogens is 1. The summed E-state index contributed by atoms with van der Waals surface area (Å²) in [5, 5.41) is 8.95. The third-order valence-corrected chi connectivity index (χ3v) is 3.49. The number of aliphatic hydroxyl groups is 1. The van der Waals surface area contributed by atoms with Crippen LogP contribution in [0.2, 0.25) is 0 Å². The molecule has 104 valence electrons. The van der Waals surface area contributed by atoms with Crippen LogP contribution in [0, 0.1) is 0 Å². The number of aliphatic hydroxyl groups excluding tert-OH is 1. The van der Waals surface area contributed by atoms with Gasteiger partial charge in [-0.25, -0.2) is 10.8 Å². The van der Waals surface area contributed by atoms with Crippen molar-refractivity contribution in [1.82, 2.24) is 9.88 Å². The topological polar surface area (TPSA) is 91.5 Å². The Morgan fingerprint density at radius 1 is 1.58 bits per heavy atom. The predicted molar refractivity (Wildman–Crippen MR) is 72.4 cm³/mol. The molecule has 0 spiro atoms. The highest BCUT2D eigenvalue weighted by atomic mass is 16.3. The van der Waals surface area contributed by atoms with Crippen LogP contribution >= 0.6 is 0 Å². The second-order valence-electron chi connectivity index (χ2n) is 4.73. The van der Waals surface area contributed by atoms with Gasteiger partial charge in [-0.05, 0) is 37.8 Å². The van der Waals surface area contributed by atoms with Gasteiger partial charge < -0.3 is 15.4 Å². The van der Waals surface area contributed by atoms with Crippen molar-refractivity contribution in [2.45, 2.75) is 31.7 Å². The molecule has 1 aliphatic carbocycles. The minimum Gasteiger partial charge on any atom is -0.396 e. The zero-order chi connectivity index (χ0) is 13.7. The first-order valence-corrected chi connectivity index (χ1v) is 6.60. The van der Waals surface area contributed by atoms with Crippen LogP contribution in [0.5, 0.6) is 0 Å². The number of hydrazine groups is 1. The van der Waals surface area contributed by atoms with Gasteiger partial charge in [-0.2, -0.15) is 0 Å². The molecular formula is C13H20N4O2. The Kier molecular flexibility index (Phi) is 4.70. The van der Waals surface area contributed by atoms with Crippen molar-refractivity contribution in [3.63, 3.8) is 0 Å². The molecule has 0 saturated heterocycles. The number of amides is 1. The van der Waals surface area contributed by atoms with E-state index in [1.54, 1.807) is 18.3 Å². The lowest BCUT2D eigenvalue weighted by Gasteiger charge is -2.37. The van der Waals surface area contributed by atoms with Gasteiger partial charge in [0.25, 0.3) is 5.91 Å². The molecule has 19 heavy (non-hydrogen) atoms. The molecule has 0 atom stereocenters. The molecule has 1 fully saturated rings. The van der Waals surface area contributed by atoms with Gasteiger partial charge >= 0.3 is 0 Å². The van der Waals surface area contributed by atoms with E-state index in [4.69, 9.17) is 10.9 Å². The molecule has 1 amide bonds. The molecule has 0 unspecified atom stereocenters. The molecule has 0 bridgehead atoms. The zero-order valence-electron chi connectivity index (χ0n) is 10.9. The van der Waals surface area contributed by atoms with Crippen molar-refractivity contribution < 1.29 is 9.90 Å². The van der Waals surface area contributed by atoms with Gasteiger partial charge in [0.15, 0.2) is 0 Å². The van der Waals surface area contributed by atoms with E-state index in [1.165, 1.54) is 6.42 Å². The first kappa shape index (κ1) is 13.8. The summed E-state index contributed by atoms with van der Waals surface area (Å²) in [5.74, 6) is 5.76. The second kappa shape index (κ2) is 6.49. The van der Waals surface area contributed by atoms with Gasteiger partial charge in [0.05, 0.1) is 0 Å². The Labute approximate surface area is 112 Å². The monoisotopic (exact) mass is 264 g/mol. The fourth-order valence-corrected chi connectivity index (χ4v) is 2.20. The first-order chi connectivity index (χ1) is 9.26. The Bertz CT molecular complexity index is 434. The lowest BCUT2D eigenvalue weighted by atomic mass is 9.91. The maximum absolute atomic E-state index is 12.5. The number of nitrogens with two attached hydrogens (primary N) is 1. The highest BCUT2D eigenvalue weighted by molar-refractivity contribution is 5.95. The van der Waals surface area contributed by atoms with Crippen molar-refractivity contribution in [2.75, 3.05) is 18.6 Å². The number of nitrogens with zero attached hydrogens (tertiary/aromatic N) is 2. The highest BCUT2D eigenvalue weighted by Gasteiger charge is 2.29. The van der Waals surface area contributed by atoms with Crippen molar-refractivity contribution in [1.29, 1.82) is 0 Å². The first-order valence-electron chi connectivity index (χ1n) is 6.60. The van der Waals surface area contributed by atoms with Gasteiger partial charge in [0.1, 0.15) is 5.82 Å². The number of rotatable bonds is 6. The molecular weight excluding hydrogens is 244 g/mol. The van der Waals surface area contributed by atoms with Crippen molar-refractivity contribution in [2.24, 2.45) is 5.84 Å². The summed E-state index contributed by atoms with van der Waals surface area (Å²) < 4.78 is 0. The molecule has 6 nitrogen and oxygen atoms in total. The molecule has 1 aromatic rings. The molecule has 2 rings (SSSR count). The highest BCUT2D eigenvalue weighted by Crippen LogP contribution is 2.26. The number of hydrogen-bond donors (Lipinski definition) is 3. The summed E-state index contributed by atoms with van der Waals surface area (Å²) >= 11 is 0. The van der Waals surface area contributed by atoms with Crippen LogP contribution in [0.3, 0.4) is 0 Å². The molecule has 0 aliphatic heterocycles. The molecule has 1 aliphatic rings. The summed E-state index contributed by atoms with van der Waals surface area (Å²) in [6.07, 6.45) is 5.43. The van der Waals surface area contributed by atoms with E-state index in [0.29, 0.717) is 30.4 Å². The maximum Gasteiger partial charge on any atom is 0.254 e. The van der Waals surface area contributed by atoms with E-state index >= 15 is 0 Å². The maximum atomic E-state index is 12.5. The Morgan fingerprint density at radius 2 is 2.37 bits per heavy atom. The third-order valence-electron chi connectivity index (χ3n) is 3.49. The van der Waals surface area contributed by atoms with Crippen molar-refractivity contribution in [3.05, 3.63) is 23.9 Å². The van der Waals surface area contributed by atoms with E-state index in [2.05, 4.69) is 10.4 Å². The average molecular weight is 264 g/mol. The van der Waals surface area contributed by atoms with Gasteiger partial charge in [-0.15, -0.1) is 0 Å². The third kappa shape index (κ3) is 3.21. The fourth-order valence-electron chi connectivity index (χ4n) is 2.20. The predicted octanol–water partition coefficient (Wildman–Crippen LogP) is 0.744. The molecule has 1 aromatic heterocycles. The molecule has 1 heterocycles. The Morgan fingerprint density at radius 3 is 2.95 bits per heavy atom. The van der Waals surface area contributed by atoms with E-state index in [9.17, 15) is 4.79 Å². The van der Waals surface area contributed by atoms with E-state index < -0.39 is 0 Å². The van der Waals surface area contributed by atoms with E-state index in [1.807, 2.05) is 4.90 Å². The van der Waals surface area contributed by atoms with E-state index in [0.717, 1.165) is 12.8 Å². The molecule has 6 heteroatoms. The number of nitrogens with one attached hydrogen (secondary N) is 1. The Balaban J connectivity index is 2.12. The lowest BCUT2D eigenvalue weighted by molar-refractivity contribution is 0.0562. The fraction of sp³-hybridized carbons (Fsp3) is 0.538. The number of hydrogen-bond acceptors (Lipinski definition) is 5. The van der Waals surface area contributed by atoms with Crippen LogP contribution < -0.4 is 11.3 Å². The van der Waals surface area contributed by atoms with Gasteiger partial charge in [-0.1, -0.05) is 0 Å².